The van der Waals surface area contributed by atoms with Crippen molar-refractivity contribution in [1.29, 1.82) is 0 Å². The minimum atomic E-state index is -3.49. The second-order valence-electron chi connectivity index (χ2n) is 15.6. The van der Waals surface area contributed by atoms with Crippen molar-refractivity contribution >= 4 is 33.7 Å². The summed E-state index contributed by atoms with van der Waals surface area (Å²) < 4.78 is 25.5. The van der Waals surface area contributed by atoms with Crippen molar-refractivity contribution in [2.45, 2.75) is 129 Å². The first-order chi connectivity index (χ1) is 21.8. The number of likely N-dealkylation sites (tertiary alicyclic amines) is 1. The molecule has 270 valence electrons. The molecule has 2 saturated carbocycles. The van der Waals surface area contributed by atoms with E-state index in [9.17, 15) is 32.7 Å². The van der Waals surface area contributed by atoms with Crippen molar-refractivity contribution in [3.63, 3.8) is 0 Å². The number of primary amides is 1. The fourth-order valence-electron chi connectivity index (χ4n) is 7.31. The molecular formula is C33H60N6O7S. The number of nitrogens with two attached hydrogens (primary N) is 1. The Labute approximate surface area is 281 Å². The molecule has 6 atom stereocenters. The molecule has 1 saturated heterocycles. The average Bonchev–Trinajstić information content (AvgIpc) is 3.41. The van der Waals surface area contributed by atoms with Crippen LogP contribution < -0.4 is 21.7 Å². The lowest BCUT2D eigenvalue weighted by molar-refractivity contribution is -0.141. The van der Waals surface area contributed by atoms with E-state index >= 15 is 0 Å². The monoisotopic (exact) mass is 684 g/mol. The van der Waals surface area contributed by atoms with Gasteiger partial charge in [-0.2, -0.15) is 0 Å². The molecule has 14 heteroatoms. The van der Waals surface area contributed by atoms with Gasteiger partial charge in [0.15, 0.2) is 0 Å². The fraction of sp³-hybridized carbons (Fsp3) is 0.879. The molecule has 3 fully saturated rings. The van der Waals surface area contributed by atoms with Gasteiger partial charge in [-0.1, -0.05) is 73.1 Å². The molecule has 6 N–H and O–H groups in total. The van der Waals surface area contributed by atoms with E-state index in [1.807, 2.05) is 34.6 Å². The number of hydrogen-bond acceptors (Lipinski definition) is 8. The van der Waals surface area contributed by atoms with Crippen LogP contribution in [0.4, 0.5) is 4.79 Å². The first-order valence-corrected chi connectivity index (χ1v) is 19.2. The van der Waals surface area contributed by atoms with Gasteiger partial charge in [0.1, 0.15) is 12.3 Å². The molecule has 13 nitrogen and oxygen atoms in total. The molecule has 3 unspecified atom stereocenters. The highest BCUT2D eigenvalue weighted by atomic mass is 32.2. The molecule has 0 radical (unpaired) electrons. The van der Waals surface area contributed by atoms with Gasteiger partial charge < -0.3 is 26.4 Å². The van der Waals surface area contributed by atoms with Gasteiger partial charge in [0, 0.05) is 26.2 Å². The number of amides is 4. The van der Waals surface area contributed by atoms with Gasteiger partial charge in [-0.05, 0) is 54.8 Å². The normalized spacial score (nSPS) is 24.0. The van der Waals surface area contributed by atoms with Crippen molar-refractivity contribution in [3.8, 4) is 0 Å². The number of hydrogen-bond donors (Lipinski definition) is 5. The van der Waals surface area contributed by atoms with E-state index in [2.05, 4.69) is 16.0 Å². The van der Waals surface area contributed by atoms with E-state index in [-0.39, 0.29) is 36.1 Å². The van der Waals surface area contributed by atoms with Gasteiger partial charge in [-0.3, -0.25) is 19.7 Å². The molecule has 4 amide bonds. The summed E-state index contributed by atoms with van der Waals surface area (Å²) in [5.74, 6) is -1.96. The van der Waals surface area contributed by atoms with Crippen molar-refractivity contribution in [3.05, 3.63) is 0 Å². The van der Waals surface area contributed by atoms with Crippen LogP contribution in [0.1, 0.15) is 98.8 Å². The third-order valence-electron chi connectivity index (χ3n) is 10.7. The number of carbonyl (C=O) groups is 4. The van der Waals surface area contributed by atoms with E-state index in [4.69, 9.17) is 5.73 Å². The summed E-state index contributed by atoms with van der Waals surface area (Å²) in [5.41, 5.74) is 4.89. The van der Waals surface area contributed by atoms with Crippen molar-refractivity contribution in [1.82, 2.24) is 25.2 Å². The molecule has 3 aliphatic rings. The Morgan fingerprint density at radius 2 is 1.60 bits per heavy atom. The number of Topliss-reactive ketones (excluding diaryl/α,β-unsaturated/α-hetero) is 1. The van der Waals surface area contributed by atoms with Crippen molar-refractivity contribution < 1.29 is 32.7 Å². The highest BCUT2D eigenvalue weighted by Crippen LogP contribution is 2.36. The molecular weight excluding hydrogens is 624 g/mol. The van der Waals surface area contributed by atoms with Crippen LogP contribution in [-0.4, -0.2) is 103 Å². The average molecular weight is 685 g/mol. The Kier molecular flexibility index (Phi) is 13.7. The Bertz CT molecular complexity index is 1210. The minimum absolute atomic E-state index is 0.0615. The third kappa shape index (κ3) is 10.6. The van der Waals surface area contributed by atoms with Crippen LogP contribution in [0.25, 0.3) is 0 Å². The lowest BCUT2D eigenvalue weighted by Crippen LogP contribution is -2.62. The van der Waals surface area contributed by atoms with E-state index in [0.29, 0.717) is 19.4 Å². The molecule has 1 aliphatic heterocycles. The maximum atomic E-state index is 14.5. The Morgan fingerprint density at radius 3 is 2.09 bits per heavy atom. The number of rotatable bonds is 15. The minimum Gasteiger partial charge on any atom is -0.376 e. The van der Waals surface area contributed by atoms with Gasteiger partial charge in [0.05, 0.1) is 18.3 Å². The zero-order chi connectivity index (χ0) is 35.3. The van der Waals surface area contributed by atoms with Crippen LogP contribution >= 0.6 is 0 Å². The maximum Gasteiger partial charge on any atom is 0.315 e. The standard InChI is InChI=1S/C33H60N6O7S/c1-20(2)23-16-17-39(27(23)30(42)35-24(28(40)29(34)41)18-21-12-11-13-21)31(43)26(22-14-9-8-10-15-22)37-32(44)36-25(33(3,4)5)19-38(6)47(7,45)46/h20-27,30,35,42H,8-19H2,1-7H3,(H2,34,41)(H2,36,37,44)/t23?,24?,25-,26+,27+,30?/m1/s1. The summed E-state index contributed by atoms with van der Waals surface area (Å²) >= 11 is 0. The van der Waals surface area contributed by atoms with Crippen molar-refractivity contribution in [2.75, 3.05) is 26.4 Å². The third-order valence-corrected chi connectivity index (χ3v) is 12.0. The molecule has 0 bridgehead atoms. The molecule has 2 aliphatic carbocycles. The molecule has 0 aromatic heterocycles. The highest BCUT2D eigenvalue weighted by Gasteiger charge is 2.47. The van der Waals surface area contributed by atoms with Gasteiger partial charge in [0.25, 0.3) is 5.91 Å². The lowest BCUT2D eigenvalue weighted by atomic mass is 9.79. The Morgan fingerprint density at radius 1 is 0.979 bits per heavy atom. The number of nitrogens with zero attached hydrogens (tertiary/aromatic N) is 2. The molecule has 47 heavy (non-hydrogen) atoms. The van der Waals surface area contributed by atoms with Crippen LogP contribution in [0.5, 0.6) is 0 Å². The lowest BCUT2D eigenvalue weighted by Gasteiger charge is -2.40. The molecule has 1 heterocycles. The van der Waals surface area contributed by atoms with E-state index < -0.39 is 63.6 Å². The van der Waals surface area contributed by atoms with Crippen LogP contribution in [0.3, 0.4) is 0 Å². The Hall–Kier alpha value is -2.29. The smallest absolute Gasteiger partial charge is 0.315 e. The van der Waals surface area contributed by atoms with Gasteiger partial charge in [-0.25, -0.2) is 17.5 Å². The second kappa shape index (κ2) is 16.4. The summed E-state index contributed by atoms with van der Waals surface area (Å²) in [5, 5.41) is 20.6. The number of aliphatic hydroxyl groups excluding tert-OH is 1. The number of likely N-dealkylation sites (N-methyl/N-ethyl adjacent to an activating group) is 1. The van der Waals surface area contributed by atoms with E-state index in [1.165, 1.54) is 11.4 Å². The summed E-state index contributed by atoms with van der Waals surface area (Å²) in [6.45, 7) is 10.2. The summed E-state index contributed by atoms with van der Waals surface area (Å²) in [6.07, 6.45) is 8.24. The molecule has 0 aromatic rings. The zero-order valence-electron chi connectivity index (χ0n) is 29.5. The largest absolute Gasteiger partial charge is 0.376 e. The Balaban J connectivity index is 1.86. The topological polar surface area (TPSA) is 191 Å². The summed E-state index contributed by atoms with van der Waals surface area (Å²) in [4.78, 5) is 54.5. The van der Waals surface area contributed by atoms with Crippen LogP contribution in [0, 0.1) is 29.1 Å². The van der Waals surface area contributed by atoms with Crippen LogP contribution in [-0.2, 0) is 24.4 Å². The fourth-order valence-corrected chi connectivity index (χ4v) is 7.73. The zero-order valence-corrected chi connectivity index (χ0v) is 30.3. The predicted octanol–water partition coefficient (Wildman–Crippen LogP) is 1.93. The number of ketones is 1. The van der Waals surface area contributed by atoms with E-state index in [0.717, 1.165) is 57.6 Å². The number of aliphatic hydroxyl groups is 1. The van der Waals surface area contributed by atoms with Crippen LogP contribution in [0.2, 0.25) is 0 Å². The molecule has 0 spiro atoms. The quantitative estimate of drug-likeness (QED) is 0.128. The van der Waals surface area contributed by atoms with Gasteiger partial charge >= 0.3 is 6.03 Å². The number of carbonyl (C=O) groups excluding carboxylic acids is 4. The van der Waals surface area contributed by atoms with Gasteiger partial charge in [-0.15, -0.1) is 0 Å². The highest BCUT2D eigenvalue weighted by molar-refractivity contribution is 7.88. The predicted molar refractivity (Wildman–Crippen MR) is 180 cm³/mol. The SMILES string of the molecule is CC(C)C1CCN(C(=O)[C@@H](NC(=O)N[C@H](CN(C)S(C)(=O)=O)C(C)(C)C)C2CCCCC2)[C@@H]1C(O)NC(CC1CCC1)C(=O)C(N)=O. The maximum absolute atomic E-state index is 14.5. The van der Waals surface area contributed by atoms with Crippen LogP contribution in [0.15, 0.2) is 0 Å². The number of sulfonamides is 1. The number of urea groups is 1. The second-order valence-corrected chi connectivity index (χ2v) is 17.7. The number of nitrogens with one attached hydrogen (secondary N) is 3. The van der Waals surface area contributed by atoms with E-state index in [1.54, 1.807) is 4.90 Å². The first kappa shape index (κ1) is 39.2. The summed E-state index contributed by atoms with van der Waals surface area (Å²) in [6, 6.07) is -3.60. The van der Waals surface area contributed by atoms with Gasteiger partial charge in [0.2, 0.25) is 21.7 Å². The molecule has 3 rings (SSSR count). The molecule has 0 aromatic carbocycles. The first-order valence-electron chi connectivity index (χ1n) is 17.4. The van der Waals surface area contributed by atoms with Crippen molar-refractivity contribution in [2.24, 2.45) is 34.8 Å². The summed E-state index contributed by atoms with van der Waals surface area (Å²) in [7, 11) is -2.02.